The van der Waals surface area contributed by atoms with Gasteiger partial charge in [-0.25, -0.2) is 8.42 Å². The highest BCUT2D eigenvalue weighted by atomic mass is 32.2. The van der Waals surface area contributed by atoms with E-state index in [1.165, 1.54) is 37.3 Å². The van der Waals surface area contributed by atoms with Gasteiger partial charge in [0.15, 0.2) is 11.5 Å². The number of aryl methyl sites for hydroxylation is 2. The number of nitrogens with zero attached hydrogens (tertiary/aromatic N) is 2. The molecule has 1 aliphatic rings. The normalized spacial score (nSPS) is 14.1. The number of hydrogen-bond acceptors (Lipinski definition) is 6. The first kappa shape index (κ1) is 32.9. The third kappa shape index (κ3) is 7.91. The number of rotatable bonds is 13. The van der Waals surface area contributed by atoms with Gasteiger partial charge in [0, 0.05) is 18.7 Å². The van der Waals surface area contributed by atoms with Crippen molar-refractivity contribution in [1.82, 2.24) is 10.2 Å². The van der Waals surface area contributed by atoms with Gasteiger partial charge >= 0.3 is 0 Å². The minimum Gasteiger partial charge on any atom is -0.493 e. The molecule has 3 aromatic rings. The van der Waals surface area contributed by atoms with Crippen molar-refractivity contribution < 1.29 is 27.5 Å². The Kier molecular flexibility index (Phi) is 10.9. The van der Waals surface area contributed by atoms with Crippen molar-refractivity contribution in [2.24, 2.45) is 0 Å². The number of sulfonamides is 1. The Morgan fingerprint density at radius 1 is 0.909 bits per heavy atom. The maximum absolute atomic E-state index is 14.3. The molecule has 0 spiro atoms. The van der Waals surface area contributed by atoms with Gasteiger partial charge in [0.1, 0.15) is 12.6 Å². The molecule has 1 atom stereocenters. The molecular formula is C34H43N3O6S. The van der Waals surface area contributed by atoms with E-state index in [2.05, 4.69) is 5.32 Å². The summed E-state index contributed by atoms with van der Waals surface area (Å²) in [5.41, 5.74) is 3.07. The summed E-state index contributed by atoms with van der Waals surface area (Å²) < 4.78 is 40.3. The molecule has 4 rings (SSSR count). The van der Waals surface area contributed by atoms with Crippen molar-refractivity contribution in [2.45, 2.75) is 69.9 Å². The molecule has 10 heteroatoms. The van der Waals surface area contributed by atoms with E-state index in [0.29, 0.717) is 17.9 Å². The lowest BCUT2D eigenvalue weighted by molar-refractivity contribution is -0.139. The molecule has 236 valence electrons. The maximum atomic E-state index is 14.3. The molecule has 0 aliphatic heterocycles. The molecular weight excluding hydrogens is 578 g/mol. The van der Waals surface area contributed by atoms with Crippen LogP contribution in [0.1, 0.15) is 49.3 Å². The van der Waals surface area contributed by atoms with Gasteiger partial charge < -0.3 is 19.7 Å². The lowest BCUT2D eigenvalue weighted by atomic mass is 10.1. The number of ether oxygens (including phenoxy) is 2. The van der Waals surface area contributed by atoms with Crippen LogP contribution in [0.15, 0.2) is 71.6 Å². The Balaban J connectivity index is 1.70. The molecule has 44 heavy (non-hydrogen) atoms. The second kappa shape index (κ2) is 14.6. The Morgan fingerprint density at radius 3 is 2.16 bits per heavy atom. The Bertz CT molecular complexity index is 1530. The largest absolute Gasteiger partial charge is 0.493 e. The molecule has 0 saturated heterocycles. The summed E-state index contributed by atoms with van der Waals surface area (Å²) in [7, 11) is -1.35. The van der Waals surface area contributed by atoms with Crippen molar-refractivity contribution in [3.63, 3.8) is 0 Å². The van der Waals surface area contributed by atoms with E-state index in [1.54, 1.807) is 19.1 Å². The van der Waals surface area contributed by atoms with Gasteiger partial charge in [-0.15, -0.1) is 0 Å². The Labute approximate surface area is 261 Å². The smallest absolute Gasteiger partial charge is 0.264 e. The average molecular weight is 622 g/mol. The molecule has 1 unspecified atom stereocenters. The third-order valence-corrected chi connectivity index (χ3v) is 9.84. The minimum absolute atomic E-state index is 0.0510. The van der Waals surface area contributed by atoms with Gasteiger partial charge in [-0.05, 0) is 81.0 Å². The quantitative estimate of drug-likeness (QED) is 0.287. The van der Waals surface area contributed by atoms with E-state index >= 15 is 0 Å². The molecule has 1 N–H and O–H groups in total. The van der Waals surface area contributed by atoms with Crippen molar-refractivity contribution in [3.05, 3.63) is 83.4 Å². The lowest BCUT2D eigenvalue weighted by Gasteiger charge is -2.32. The first-order valence-electron chi connectivity index (χ1n) is 15.0. The number of hydrogen-bond donors (Lipinski definition) is 1. The first-order valence-corrected chi connectivity index (χ1v) is 16.4. The van der Waals surface area contributed by atoms with Gasteiger partial charge in [0.2, 0.25) is 11.8 Å². The maximum Gasteiger partial charge on any atom is 0.264 e. The summed E-state index contributed by atoms with van der Waals surface area (Å²) in [6.07, 6.45) is 4.48. The van der Waals surface area contributed by atoms with Gasteiger partial charge in [0.25, 0.3) is 10.0 Å². The molecule has 0 aromatic heterocycles. The third-order valence-electron chi connectivity index (χ3n) is 8.07. The minimum atomic E-state index is -4.26. The van der Waals surface area contributed by atoms with Crippen molar-refractivity contribution in [1.29, 1.82) is 0 Å². The monoisotopic (exact) mass is 621 g/mol. The highest BCUT2D eigenvalue weighted by Crippen LogP contribution is 2.33. The average Bonchev–Trinajstić information content (AvgIpc) is 3.52. The van der Waals surface area contributed by atoms with E-state index < -0.39 is 28.5 Å². The number of amides is 2. The number of carbonyl (C=O) groups excluding carboxylic acids is 2. The van der Waals surface area contributed by atoms with Crippen LogP contribution < -0.4 is 19.1 Å². The zero-order valence-corrected chi connectivity index (χ0v) is 27.0. The molecule has 0 bridgehead atoms. The van der Waals surface area contributed by atoms with Crippen LogP contribution in [0.4, 0.5) is 5.69 Å². The van der Waals surface area contributed by atoms with Crippen molar-refractivity contribution >= 4 is 27.5 Å². The molecule has 0 heterocycles. The second-order valence-corrected chi connectivity index (χ2v) is 13.2. The molecule has 2 amide bonds. The van der Waals surface area contributed by atoms with Crippen LogP contribution in [0.5, 0.6) is 11.5 Å². The van der Waals surface area contributed by atoms with E-state index in [9.17, 15) is 18.0 Å². The zero-order valence-electron chi connectivity index (χ0n) is 26.2. The highest BCUT2D eigenvalue weighted by Gasteiger charge is 2.33. The number of benzene rings is 3. The predicted octanol–water partition coefficient (Wildman–Crippen LogP) is 5.03. The summed E-state index contributed by atoms with van der Waals surface area (Å²) in [6, 6.07) is 18.8. The fraction of sp³-hybridized carbons (Fsp3) is 0.412. The van der Waals surface area contributed by atoms with Crippen LogP contribution in [-0.2, 0) is 26.0 Å². The van der Waals surface area contributed by atoms with E-state index in [4.69, 9.17) is 9.47 Å². The van der Waals surface area contributed by atoms with Crippen molar-refractivity contribution in [2.75, 3.05) is 31.6 Å². The summed E-state index contributed by atoms with van der Waals surface area (Å²) in [5, 5.41) is 3.10. The van der Waals surface area contributed by atoms with Crippen LogP contribution in [-0.4, -0.2) is 64.5 Å². The molecule has 1 aliphatic carbocycles. The highest BCUT2D eigenvalue weighted by molar-refractivity contribution is 7.92. The standard InChI is InChI=1S/C34H43N3O6S/c1-24-19-25(2)21-29(20-24)37(44(40,41)30-15-16-31(42-4)32(22-30)43-5)23-33(38)36(18-17-27-11-7-6-8-12-27)26(3)34(39)35-28-13-9-10-14-28/h6-8,11-12,15-16,19-22,26,28H,9-10,13-14,17-18,23H2,1-5H3,(H,35,39). The summed E-state index contributed by atoms with van der Waals surface area (Å²) in [4.78, 5) is 29.0. The van der Waals surface area contributed by atoms with Gasteiger partial charge in [-0.3, -0.25) is 13.9 Å². The molecule has 1 fully saturated rings. The molecule has 3 aromatic carbocycles. The Hall–Kier alpha value is -4.05. The first-order chi connectivity index (χ1) is 21.0. The SMILES string of the molecule is COc1ccc(S(=O)(=O)N(CC(=O)N(CCc2ccccc2)C(C)C(=O)NC2CCCC2)c2cc(C)cc(C)c2)cc1OC. The van der Waals surface area contributed by atoms with Gasteiger partial charge in [-0.2, -0.15) is 0 Å². The lowest BCUT2D eigenvalue weighted by Crippen LogP contribution is -2.53. The Morgan fingerprint density at radius 2 is 1.55 bits per heavy atom. The van der Waals surface area contributed by atoms with E-state index in [-0.39, 0.29) is 29.1 Å². The van der Waals surface area contributed by atoms with E-state index in [0.717, 1.165) is 46.7 Å². The molecule has 9 nitrogen and oxygen atoms in total. The second-order valence-electron chi connectivity index (χ2n) is 11.4. The topological polar surface area (TPSA) is 105 Å². The van der Waals surface area contributed by atoms with Crippen LogP contribution in [0.25, 0.3) is 0 Å². The summed E-state index contributed by atoms with van der Waals surface area (Å²) in [6.45, 7) is 5.22. The van der Waals surface area contributed by atoms with Gasteiger partial charge in [0.05, 0.1) is 24.8 Å². The number of anilines is 1. The zero-order chi connectivity index (χ0) is 31.9. The summed E-state index contributed by atoms with van der Waals surface area (Å²) in [5.74, 6) is -0.0751. The molecule has 0 radical (unpaired) electrons. The fourth-order valence-corrected chi connectivity index (χ4v) is 7.10. The summed E-state index contributed by atoms with van der Waals surface area (Å²) >= 11 is 0. The van der Waals surface area contributed by atoms with Crippen LogP contribution in [0.3, 0.4) is 0 Å². The predicted molar refractivity (Wildman–Crippen MR) is 172 cm³/mol. The van der Waals surface area contributed by atoms with Crippen LogP contribution >= 0.6 is 0 Å². The van der Waals surface area contributed by atoms with E-state index in [1.807, 2.05) is 50.2 Å². The number of nitrogens with one attached hydrogen (secondary N) is 1. The number of methoxy groups -OCH3 is 2. The van der Waals surface area contributed by atoms with Crippen LogP contribution in [0.2, 0.25) is 0 Å². The van der Waals surface area contributed by atoms with Crippen molar-refractivity contribution in [3.8, 4) is 11.5 Å². The van der Waals surface area contributed by atoms with Gasteiger partial charge in [-0.1, -0.05) is 49.2 Å². The molecule has 1 saturated carbocycles. The van der Waals surface area contributed by atoms with Crippen LogP contribution in [0, 0.1) is 13.8 Å². The number of carbonyl (C=O) groups is 2. The fourth-order valence-electron chi connectivity index (χ4n) is 5.69.